The first-order chi connectivity index (χ1) is 21.7. The number of ether oxygens (including phenoxy) is 1. The smallest absolute Gasteiger partial charge is 0.409 e. The molecule has 3 aromatic rings. The zero-order valence-corrected chi connectivity index (χ0v) is 27.9. The van der Waals surface area contributed by atoms with Gasteiger partial charge < -0.3 is 24.8 Å². The number of hydrogen-bond acceptors (Lipinski definition) is 6. The number of amides is 4. The SMILES string of the molecule is Cc1cc(C(=O)N[C@@H](CCC(=O)N2CCC[C@@]2(C)NC(=O)OC(C)(C)C)c2nc3cc(Cl)ccc3[nH]2)ccc1C(=O)N1CCCC1. The minimum Gasteiger partial charge on any atom is -0.444 e. The minimum absolute atomic E-state index is 0.0191. The summed E-state index contributed by atoms with van der Waals surface area (Å²) in [6, 6.07) is 9.75. The van der Waals surface area contributed by atoms with Crippen LogP contribution < -0.4 is 10.6 Å². The van der Waals surface area contributed by atoms with Crippen molar-refractivity contribution in [2.75, 3.05) is 19.6 Å². The number of H-pyrrole nitrogens is 1. The van der Waals surface area contributed by atoms with Crippen molar-refractivity contribution in [3.05, 3.63) is 63.9 Å². The molecule has 2 aliphatic heterocycles. The van der Waals surface area contributed by atoms with E-state index in [1.807, 2.05) is 24.8 Å². The molecule has 0 aliphatic carbocycles. The Morgan fingerprint density at radius 1 is 1.07 bits per heavy atom. The number of aromatic nitrogens is 2. The Bertz CT molecular complexity index is 1640. The van der Waals surface area contributed by atoms with Gasteiger partial charge >= 0.3 is 6.09 Å². The molecule has 0 bridgehead atoms. The van der Waals surface area contributed by atoms with Crippen molar-refractivity contribution in [2.45, 2.75) is 90.4 Å². The number of imidazole rings is 1. The third-order valence-electron chi connectivity index (χ3n) is 8.57. The Morgan fingerprint density at radius 3 is 2.50 bits per heavy atom. The van der Waals surface area contributed by atoms with Gasteiger partial charge in [-0.2, -0.15) is 0 Å². The second-order valence-corrected chi connectivity index (χ2v) is 13.9. The molecule has 1 aromatic heterocycles. The van der Waals surface area contributed by atoms with Crippen molar-refractivity contribution in [1.82, 2.24) is 30.4 Å². The van der Waals surface area contributed by atoms with Crippen LogP contribution >= 0.6 is 11.6 Å². The molecule has 246 valence electrons. The van der Waals surface area contributed by atoms with Gasteiger partial charge in [0.25, 0.3) is 11.8 Å². The summed E-state index contributed by atoms with van der Waals surface area (Å²) in [4.78, 5) is 64.3. The number of alkyl carbamates (subject to hydrolysis) is 1. The molecule has 0 unspecified atom stereocenters. The number of fused-ring (bicyclic) bond motifs is 1. The summed E-state index contributed by atoms with van der Waals surface area (Å²) in [7, 11) is 0. The minimum atomic E-state index is -0.889. The van der Waals surface area contributed by atoms with Gasteiger partial charge in [0.05, 0.1) is 17.1 Å². The lowest BCUT2D eigenvalue weighted by Crippen LogP contribution is -2.57. The van der Waals surface area contributed by atoms with Crippen LogP contribution in [0.4, 0.5) is 4.79 Å². The van der Waals surface area contributed by atoms with Gasteiger partial charge in [0.1, 0.15) is 17.1 Å². The topological polar surface area (TPSA) is 137 Å². The number of halogens is 1. The molecule has 0 radical (unpaired) electrons. The van der Waals surface area contributed by atoms with E-state index in [-0.39, 0.29) is 30.6 Å². The van der Waals surface area contributed by atoms with Gasteiger partial charge in [-0.05, 0) is 109 Å². The van der Waals surface area contributed by atoms with Crippen molar-refractivity contribution in [3.8, 4) is 0 Å². The van der Waals surface area contributed by atoms with E-state index in [9.17, 15) is 19.2 Å². The molecular weight excluding hydrogens is 608 g/mol. The van der Waals surface area contributed by atoms with E-state index in [4.69, 9.17) is 21.3 Å². The molecule has 12 heteroatoms. The average molecular weight is 651 g/mol. The molecule has 46 heavy (non-hydrogen) atoms. The van der Waals surface area contributed by atoms with Crippen molar-refractivity contribution in [3.63, 3.8) is 0 Å². The number of hydrogen-bond donors (Lipinski definition) is 3. The van der Waals surface area contributed by atoms with Gasteiger partial charge in [-0.25, -0.2) is 9.78 Å². The molecule has 0 spiro atoms. The molecule has 2 aromatic carbocycles. The molecular formula is C34H43ClN6O5. The molecule has 0 saturated carbocycles. The van der Waals surface area contributed by atoms with Crippen LogP contribution in [0.5, 0.6) is 0 Å². The molecule has 2 fully saturated rings. The predicted octanol–water partition coefficient (Wildman–Crippen LogP) is 5.88. The van der Waals surface area contributed by atoms with Gasteiger partial charge in [0.15, 0.2) is 0 Å². The van der Waals surface area contributed by atoms with Crippen molar-refractivity contribution in [1.29, 1.82) is 0 Å². The maximum Gasteiger partial charge on any atom is 0.409 e. The molecule has 11 nitrogen and oxygen atoms in total. The van der Waals surface area contributed by atoms with Gasteiger partial charge in [0, 0.05) is 42.2 Å². The maximum atomic E-state index is 13.6. The summed E-state index contributed by atoms with van der Waals surface area (Å²) in [5, 5.41) is 6.48. The van der Waals surface area contributed by atoms with Crippen molar-refractivity contribution < 1.29 is 23.9 Å². The van der Waals surface area contributed by atoms with Gasteiger partial charge in [-0.1, -0.05) is 11.6 Å². The highest BCUT2D eigenvalue weighted by Gasteiger charge is 2.41. The fourth-order valence-corrected chi connectivity index (χ4v) is 6.40. The fourth-order valence-electron chi connectivity index (χ4n) is 6.24. The van der Waals surface area contributed by atoms with Crippen LogP contribution in [-0.4, -0.2) is 74.5 Å². The molecule has 2 saturated heterocycles. The first-order valence-electron chi connectivity index (χ1n) is 15.9. The molecule has 2 aliphatic rings. The van der Waals surface area contributed by atoms with Crippen LogP contribution in [-0.2, 0) is 9.53 Å². The number of rotatable bonds is 8. The van der Waals surface area contributed by atoms with Gasteiger partial charge in [-0.3, -0.25) is 19.7 Å². The van der Waals surface area contributed by atoms with Crippen LogP contribution in [0.15, 0.2) is 36.4 Å². The molecule has 3 heterocycles. The highest BCUT2D eigenvalue weighted by Crippen LogP contribution is 2.30. The Morgan fingerprint density at radius 2 is 1.80 bits per heavy atom. The van der Waals surface area contributed by atoms with Crippen molar-refractivity contribution >= 4 is 46.4 Å². The maximum absolute atomic E-state index is 13.6. The van der Waals surface area contributed by atoms with E-state index >= 15 is 0 Å². The molecule has 2 atom stereocenters. The summed E-state index contributed by atoms with van der Waals surface area (Å²) in [5.74, 6) is -0.0340. The van der Waals surface area contributed by atoms with Crippen LogP contribution in [0.2, 0.25) is 5.02 Å². The normalized spacial score (nSPS) is 18.9. The Hall–Kier alpha value is -4.12. The summed E-state index contributed by atoms with van der Waals surface area (Å²) >= 11 is 6.20. The van der Waals surface area contributed by atoms with Crippen LogP contribution in [0.1, 0.15) is 104 Å². The summed E-state index contributed by atoms with van der Waals surface area (Å²) in [6.45, 7) is 11.0. The fraction of sp³-hybridized carbons (Fsp3) is 0.500. The van der Waals surface area contributed by atoms with E-state index in [1.54, 1.807) is 56.0 Å². The molecule has 3 N–H and O–H groups in total. The third-order valence-corrected chi connectivity index (χ3v) is 8.81. The van der Waals surface area contributed by atoms with Crippen LogP contribution in [0, 0.1) is 6.92 Å². The summed E-state index contributed by atoms with van der Waals surface area (Å²) < 4.78 is 5.45. The van der Waals surface area contributed by atoms with Crippen molar-refractivity contribution in [2.24, 2.45) is 0 Å². The third kappa shape index (κ3) is 7.63. The number of aryl methyl sites for hydroxylation is 1. The summed E-state index contributed by atoms with van der Waals surface area (Å²) in [6.07, 6.45) is 3.10. The van der Waals surface area contributed by atoms with E-state index < -0.39 is 23.4 Å². The highest BCUT2D eigenvalue weighted by atomic mass is 35.5. The second kappa shape index (κ2) is 13.3. The Kier molecular flexibility index (Phi) is 9.62. The molecule has 4 amide bonds. The first-order valence-corrected chi connectivity index (χ1v) is 16.3. The number of nitrogens with zero attached hydrogens (tertiary/aromatic N) is 3. The lowest BCUT2D eigenvalue weighted by Gasteiger charge is -2.36. The zero-order valence-electron chi connectivity index (χ0n) is 27.2. The summed E-state index contributed by atoms with van der Waals surface area (Å²) in [5.41, 5.74) is 1.54. The number of carbonyl (C=O) groups is 4. The highest BCUT2D eigenvalue weighted by molar-refractivity contribution is 6.31. The Labute approximate surface area is 274 Å². The lowest BCUT2D eigenvalue weighted by molar-refractivity contribution is -0.135. The van der Waals surface area contributed by atoms with Crippen LogP contribution in [0.3, 0.4) is 0 Å². The van der Waals surface area contributed by atoms with Crippen LogP contribution in [0.25, 0.3) is 11.0 Å². The predicted molar refractivity (Wildman–Crippen MR) is 176 cm³/mol. The molecule has 5 rings (SSSR count). The van der Waals surface area contributed by atoms with E-state index in [2.05, 4.69) is 15.6 Å². The second-order valence-electron chi connectivity index (χ2n) is 13.4. The average Bonchev–Trinajstić information content (AvgIpc) is 3.73. The quantitative estimate of drug-likeness (QED) is 0.279. The zero-order chi connectivity index (χ0) is 33.2. The van der Waals surface area contributed by atoms with E-state index in [0.29, 0.717) is 40.5 Å². The number of aromatic amines is 1. The van der Waals surface area contributed by atoms with E-state index in [0.717, 1.165) is 43.4 Å². The monoisotopic (exact) mass is 650 g/mol. The Balaban J connectivity index is 1.33. The standard InChI is InChI=1S/C34H43ClN6O5/c1-21-19-22(9-11-24(21)31(44)40-16-6-7-17-40)30(43)38-26(29-36-25-12-10-23(35)20-27(25)37-29)13-14-28(42)41-18-8-15-34(41,5)39-32(45)46-33(2,3)4/h9-12,19-20,26H,6-8,13-18H2,1-5H3,(H,36,37)(H,38,43)(H,39,45)/t26-,34-/m0/s1. The number of carbonyl (C=O) groups excluding carboxylic acids is 4. The van der Waals surface area contributed by atoms with Gasteiger partial charge in [-0.15, -0.1) is 0 Å². The lowest BCUT2D eigenvalue weighted by atomic mass is 10.0. The van der Waals surface area contributed by atoms with E-state index in [1.165, 1.54) is 0 Å². The van der Waals surface area contributed by atoms with Gasteiger partial charge in [0.2, 0.25) is 5.91 Å². The first kappa shape index (κ1) is 33.2. The largest absolute Gasteiger partial charge is 0.444 e. The number of likely N-dealkylation sites (tertiary alicyclic amines) is 2. The number of benzene rings is 2. The number of nitrogens with one attached hydrogen (secondary N) is 3.